The molecule has 0 heterocycles. The van der Waals surface area contributed by atoms with Gasteiger partial charge in [0.05, 0.1) is 10.6 Å². The molecule has 0 aliphatic heterocycles. The van der Waals surface area contributed by atoms with Crippen LogP contribution >= 0.6 is 0 Å². The van der Waals surface area contributed by atoms with E-state index in [4.69, 9.17) is 0 Å². The minimum absolute atomic E-state index is 0.0134. The van der Waals surface area contributed by atoms with E-state index in [9.17, 15) is 10.1 Å². The van der Waals surface area contributed by atoms with Crippen molar-refractivity contribution in [3.05, 3.63) is 58.6 Å². The van der Waals surface area contributed by atoms with Crippen molar-refractivity contribution in [1.82, 2.24) is 0 Å². The van der Waals surface area contributed by atoms with Gasteiger partial charge in [-0.1, -0.05) is 24.3 Å². The monoisotopic (exact) mass is 270 g/mol. The SMILES string of the molecule is CN(C)c1c(N=Nc2ccccc2)cccc1[N+](=O)[O-]. The van der Waals surface area contributed by atoms with Crippen molar-refractivity contribution in [1.29, 1.82) is 0 Å². The van der Waals surface area contributed by atoms with Crippen LogP contribution in [0.3, 0.4) is 0 Å². The van der Waals surface area contributed by atoms with Gasteiger partial charge in [-0.3, -0.25) is 10.1 Å². The van der Waals surface area contributed by atoms with E-state index in [1.807, 2.05) is 30.3 Å². The first kappa shape index (κ1) is 13.7. The summed E-state index contributed by atoms with van der Waals surface area (Å²) in [7, 11) is 3.48. The van der Waals surface area contributed by atoms with Gasteiger partial charge < -0.3 is 4.90 Å². The zero-order chi connectivity index (χ0) is 14.5. The molecule has 0 aliphatic carbocycles. The predicted octanol–water partition coefficient (Wildman–Crippen LogP) is 4.08. The smallest absolute Gasteiger partial charge is 0.294 e. The molecule has 0 spiro atoms. The van der Waals surface area contributed by atoms with Crippen LogP contribution in [0.5, 0.6) is 0 Å². The summed E-state index contributed by atoms with van der Waals surface area (Å²) in [5.74, 6) is 0. The quantitative estimate of drug-likeness (QED) is 0.477. The third-order valence-electron chi connectivity index (χ3n) is 2.67. The number of nitro benzene ring substituents is 1. The number of rotatable bonds is 4. The lowest BCUT2D eigenvalue weighted by atomic mass is 10.2. The van der Waals surface area contributed by atoms with Gasteiger partial charge >= 0.3 is 0 Å². The van der Waals surface area contributed by atoms with Gasteiger partial charge in [-0.2, -0.15) is 5.11 Å². The van der Waals surface area contributed by atoms with E-state index in [0.29, 0.717) is 17.1 Å². The number of hydrogen-bond donors (Lipinski definition) is 0. The van der Waals surface area contributed by atoms with Gasteiger partial charge in [0.2, 0.25) is 0 Å². The second kappa shape index (κ2) is 5.92. The van der Waals surface area contributed by atoms with Crippen molar-refractivity contribution < 1.29 is 4.92 Å². The molecule has 0 saturated carbocycles. The third-order valence-corrected chi connectivity index (χ3v) is 2.67. The highest BCUT2D eigenvalue weighted by molar-refractivity contribution is 5.76. The van der Waals surface area contributed by atoms with Crippen molar-refractivity contribution in [2.45, 2.75) is 0 Å². The van der Waals surface area contributed by atoms with Crippen molar-refractivity contribution >= 4 is 22.7 Å². The summed E-state index contributed by atoms with van der Waals surface area (Å²) < 4.78 is 0. The zero-order valence-electron chi connectivity index (χ0n) is 11.2. The molecule has 0 fully saturated rings. The highest BCUT2D eigenvalue weighted by Crippen LogP contribution is 2.37. The molecule has 0 amide bonds. The molecule has 2 aromatic carbocycles. The summed E-state index contributed by atoms with van der Waals surface area (Å²) in [6.07, 6.45) is 0. The van der Waals surface area contributed by atoms with Crippen LogP contribution in [0, 0.1) is 10.1 Å². The number of azo groups is 1. The number of benzene rings is 2. The summed E-state index contributed by atoms with van der Waals surface area (Å²) in [4.78, 5) is 12.3. The molecule has 6 heteroatoms. The van der Waals surface area contributed by atoms with Crippen LogP contribution in [0.15, 0.2) is 58.8 Å². The van der Waals surface area contributed by atoms with Crippen LogP contribution in [-0.2, 0) is 0 Å². The Hall–Kier alpha value is -2.76. The minimum Gasteiger partial charge on any atom is -0.370 e. The third kappa shape index (κ3) is 2.97. The number of nitro groups is 1. The predicted molar refractivity (Wildman–Crippen MR) is 78.0 cm³/mol. The fourth-order valence-corrected chi connectivity index (χ4v) is 1.81. The van der Waals surface area contributed by atoms with E-state index in [-0.39, 0.29) is 5.69 Å². The largest absolute Gasteiger partial charge is 0.370 e. The van der Waals surface area contributed by atoms with Crippen LogP contribution in [0.4, 0.5) is 22.7 Å². The van der Waals surface area contributed by atoms with Crippen molar-refractivity contribution in [2.75, 3.05) is 19.0 Å². The number of anilines is 1. The molecule has 0 atom stereocenters. The van der Waals surface area contributed by atoms with E-state index in [0.717, 1.165) is 0 Å². The second-order valence-corrected chi connectivity index (χ2v) is 4.33. The molecular weight excluding hydrogens is 256 g/mol. The Morgan fingerprint density at radius 3 is 2.30 bits per heavy atom. The van der Waals surface area contributed by atoms with Gasteiger partial charge in [0.25, 0.3) is 5.69 Å². The molecule has 20 heavy (non-hydrogen) atoms. The molecule has 0 aromatic heterocycles. The fraction of sp³-hybridized carbons (Fsp3) is 0.143. The Morgan fingerprint density at radius 1 is 1.00 bits per heavy atom. The zero-order valence-corrected chi connectivity index (χ0v) is 11.2. The molecular formula is C14H14N4O2. The molecule has 0 radical (unpaired) electrons. The maximum absolute atomic E-state index is 11.1. The second-order valence-electron chi connectivity index (χ2n) is 4.33. The van der Waals surface area contributed by atoms with E-state index in [1.165, 1.54) is 6.07 Å². The van der Waals surface area contributed by atoms with E-state index in [1.54, 1.807) is 31.1 Å². The van der Waals surface area contributed by atoms with E-state index < -0.39 is 4.92 Å². The minimum atomic E-state index is -0.420. The summed E-state index contributed by atoms with van der Waals surface area (Å²) >= 11 is 0. The normalized spacial score (nSPS) is 10.7. The maximum Gasteiger partial charge on any atom is 0.294 e. The summed E-state index contributed by atoms with van der Waals surface area (Å²) in [5, 5.41) is 19.3. The van der Waals surface area contributed by atoms with Gasteiger partial charge in [0.1, 0.15) is 11.4 Å². The molecule has 0 N–H and O–H groups in total. The average molecular weight is 270 g/mol. The maximum atomic E-state index is 11.1. The van der Waals surface area contributed by atoms with Crippen LogP contribution < -0.4 is 4.90 Å². The molecule has 2 aromatic rings. The van der Waals surface area contributed by atoms with Crippen molar-refractivity contribution in [2.24, 2.45) is 10.2 Å². The van der Waals surface area contributed by atoms with Crippen molar-refractivity contribution in [3.63, 3.8) is 0 Å². The Balaban J connectivity index is 2.44. The van der Waals surface area contributed by atoms with Gasteiger partial charge in [-0.15, -0.1) is 5.11 Å². The molecule has 102 valence electrons. The van der Waals surface area contributed by atoms with E-state index >= 15 is 0 Å². The first-order valence-electron chi connectivity index (χ1n) is 6.01. The number of hydrogen-bond acceptors (Lipinski definition) is 5. The Labute approximate surface area is 116 Å². The first-order valence-corrected chi connectivity index (χ1v) is 6.01. The summed E-state index contributed by atoms with van der Waals surface area (Å²) in [6, 6.07) is 14.0. The lowest BCUT2D eigenvalue weighted by Gasteiger charge is -2.14. The molecule has 0 unspecified atom stereocenters. The first-order chi connectivity index (χ1) is 9.59. The van der Waals surface area contributed by atoms with Crippen molar-refractivity contribution in [3.8, 4) is 0 Å². The van der Waals surface area contributed by atoms with Gasteiger partial charge in [0.15, 0.2) is 0 Å². The lowest BCUT2D eigenvalue weighted by molar-refractivity contribution is -0.384. The molecule has 0 bridgehead atoms. The number of nitrogens with zero attached hydrogens (tertiary/aromatic N) is 4. The van der Waals surface area contributed by atoms with Crippen LogP contribution in [-0.4, -0.2) is 19.0 Å². The fourth-order valence-electron chi connectivity index (χ4n) is 1.81. The Bertz CT molecular complexity index is 639. The summed E-state index contributed by atoms with van der Waals surface area (Å²) in [5.41, 5.74) is 1.62. The highest BCUT2D eigenvalue weighted by Gasteiger charge is 2.19. The molecule has 0 aliphatic rings. The molecule has 2 rings (SSSR count). The number of para-hydroxylation sites is 1. The molecule has 6 nitrogen and oxygen atoms in total. The van der Waals surface area contributed by atoms with Gasteiger partial charge in [-0.05, 0) is 18.2 Å². The van der Waals surface area contributed by atoms with Crippen LogP contribution in [0.25, 0.3) is 0 Å². The standard InChI is InChI=1S/C14H14N4O2/c1-17(2)14-12(9-6-10-13(14)18(19)20)16-15-11-7-4-3-5-8-11/h3-10H,1-2H3. The Morgan fingerprint density at radius 2 is 1.70 bits per heavy atom. The van der Waals surface area contributed by atoms with Crippen LogP contribution in [0.2, 0.25) is 0 Å². The van der Waals surface area contributed by atoms with Gasteiger partial charge in [0, 0.05) is 20.2 Å². The van der Waals surface area contributed by atoms with Crippen LogP contribution in [0.1, 0.15) is 0 Å². The lowest BCUT2D eigenvalue weighted by Crippen LogP contribution is -2.11. The van der Waals surface area contributed by atoms with Gasteiger partial charge in [-0.25, -0.2) is 0 Å². The highest BCUT2D eigenvalue weighted by atomic mass is 16.6. The molecule has 0 saturated heterocycles. The Kier molecular flexibility index (Phi) is 4.05. The topological polar surface area (TPSA) is 71.1 Å². The summed E-state index contributed by atoms with van der Waals surface area (Å²) in [6.45, 7) is 0. The average Bonchev–Trinajstić information content (AvgIpc) is 2.45. The van der Waals surface area contributed by atoms with E-state index in [2.05, 4.69) is 10.2 Å².